The third-order valence-electron chi connectivity index (χ3n) is 22.8. The van der Waals surface area contributed by atoms with Gasteiger partial charge in [0, 0.05) is 0 Å². The Balaban J connectivity index is 1.03. The summed E-state index contributed by atoms with van der Waals surface area (Å²) in [7, 11) is 0. The van der Waals surface area contributed by atoms with Gasteiger partial charge < -0.3 is 0 Å². The van der Waals surface area contributed by atoms with Crippen molar-refractivity contribution in [2.75, 3.05) is 9.80 Å². The van der Waals surface area contributed by atoms with Gasteiger partial charge in [0.25, 0.3) is 0 Å². The Kier molecular flexibility index (Phi) is 12.7. The van der Waals surface area contributed by atoms with Gasteiger partial charge in [0.15, 0.2) is 0 Å². The molecule has 0 spiro atoms. The van der Waals surface area contributed by atoms with Crippen molar-refractivity contribution in [3.63, 3.8) is 0 Å². The molecule has 5 nitrogen and oxygen atoms in total. The number of hydrogen-bond acceptors (Lipinski definition) is 2. The van der Waals surface area contributed by atoms with E-state index in [4.69, 9.17) is 6.57 Å². The standard InChI is InChI=1S/C109H85N5Se2/c1-66-42-52-97-89(54-66)100-83-48-43-73(67-30-18-12-19-31-67)55-91(83)111(105(100)115-97)79-46-50-81-93(64-79)113(103-85(69-34-22-14-23-35-69)57-75(107(2,3)4)58-86(103)70-36-24-15-25-37-70)95-61-77(109(8,9)10)62-96-102(95)99(81)82-51-47-80(112-92-56-74(68-32-20-13-21-33-68)44-49-84(92)101-90-63-78(110-11)45-53-98(90)116-106(101)112)65-94(82)114(96)104-87(71-38-26-16-27-39-71)59-76(108(5,6)7)60-88(104)72-40-28-17-29-41-72/h12-65,99H,1-10H3/i42D,43D,44D,45D,46D,47D,48D,49D,50D,51D,52D,53D,54D,55D,56D,63D,64D,65D. The van der Waals surface area contributed by atoms with E-state index in [1.807, 2.05) is 132 Å². The summed E-state index contributed by atoms with van der Waals surface area (Å²) in [4.78, 5) is 7.76. The SMILES string of the molecule is [2H]c1c([2H])c(-n2c3[se]c4c([2H])c([2H])c(C)c([2H])c4c3c3c([2H])c([2H])c(-c4ccccc4)c([2H])c32)c([2H])c2c1C1c3c(cc(C(C)(C)C)cc3N(c3c(-c4ccccc4)cc(C(C)(C)C)cc3-c3ccccc3)c3c([2H])c(-n4c5[se]c6c([2H])c([2H])c([N+]#[C-])c([2H])c6c5c5c([2H])c([2H])c(-c6ccccc6)c([2H])c54)c([2H])c([2H])c31)N2c1c(-c2ccccc2)cc(C(C)(C)C)cc1-c1ccccc1. The molecule has 2 aliphatic heterocycles. The van der Waals surface area contributed by atoms with E-state index in [0.717, 1.165) is 38.9 Å². The van der Waals surface area contributed by atoms with Crippen molar-refractivity contribution in [1.29, 1.82) is 0 Å². The summed E-state index contributed by atoms with van der Waals surface area (Å²) in [5, 5.41) is 0.686. The van der Waals surface area contributed by atoms with E-state index in [-0.39, 0.29) is 169 Å². The molecule has 7 heteroatoms. The molecule has 116 heavy (non-hydrogen) atoms. The summed E-state index contributed by atoms with van der Waals surface area (Å²) < 4.78 is 196. The molecule has 21 rings (SSSR count). The third kappa shape index (κ3) is 11.6. The van der Waals surface area contributed by atoms with Crippen molar-refractivity contribution in [3.05, 3.63) is 378 Å². The monoisotopic (exact) mass is 1640 g/mol. The number of anilines is 6. The van der Waals surface area contributed by atoms with Crippen LogP contribution in [0.2, 0.25) is 0 Å². The number of aromatic nitrogens is 2. The Hall–Kier alpha value is -12.5. The van der Waals surface area contributed by atoms with E-state index in [1.54, 1.807) is 70.7 Å². The molecule has 558 valence electrons. The van der Waals surface area contributed by atoms with Gasteiger partial charge in [0.05, 0.1) is 0 Å². The Labute approximate surface area is 715 Å². The van der Waals surface area contributed by atoms with Crippen molar-refractivity contribution in [2.24, 2.45) is 0 Å². The summed E-state index contributed by atoms with van der Waals surface area (Å²) >= 11 is -2.31. The first kappa shape index (κ1) is 54.3. The Morgan fingerprint density at radius 3 is 1.07 bits per heavy atom. The summed E-state index contributed by atoms with van der Waals surface area (Å²) in [5.74, 6) is -1.53. The van der Waals surface area contributed by atoms with Crippen LogP contribution < -0.4 is 9.80 Å². The first-order chi connectivity index (χ1) is 63.9. The van der Waals surface area contributed by atoms with Crippen molar-refractivity contribution in [1.82, 2.24) is 9.13 Å². The number of rotatable bonds is 10. The average Bonchev–Trinajstić information content (AvgIpc) is 1.08. The zero-order valence-corrected chi connectivity index (χ0v) is 68.8. The number of hydrogen-bond donors (Lipinski definition) is 0. The van der Waals surface area contributed by atoms with Crippen LogP contribution >= 0.6 is 0 Å². The van der Waals surface area contributed by atoms with Gasteiger partial charge in [-0.05, 0) is 0 Å². The first-order valence-corrected chi connectivity index (χ1v) is 42.4. The summed E-state index contributed by atoms with van der Waals surface area (Å²) in [5.41, 5.74) is 8.89. The maximum absolute atomic E-state index is 12.2. The van der Waals surface area contributed by atoms with Crippen LogP contribution in [0.5, 0.6) is 0 Å². The fourth-order valence-corrected chi connectivity index (χ4v) is 21.7. The van der Waals surface area contributed by atoms with Gasteiger partial charge in [-0.15, -0.1) is 0 Å². The van der Waals surface area contributed by atoms with Crippen LogP contribution in [0.1, 0.15) is 132 Å². The van der Waals surface area contributed by atoms with E-state index in [1.165, 1.54) is 0 Å². The van der Waals surface area contributed by atoms with Crippen LogP contribution in [0.25, 0.3) is 144 Å². The molecule has 6 heterocycles. The fraction of sp³-hybridized carbons (Fsp3) is 0.128. The molecule has 0 amide bonds. The molecule has 0 radical (unpaired) electrons. The minimum atomic E-state index is -1.53. The molecule has 1 unspecified atom stereocenters. The molecule has 4 aromatic heterocycles. The predicted molar refractivity (Wildman–Crippen MR) is 494 cm³/mol. The summed E-state index contributed by atoms with van der Waals surface area (Å²) in [6.45, 7) is 29.2. The van der Waals surface area contributed by atoms with Crippen molar-refractivity contribution < 1.29 is 24.7 Å². The van der Waals surface area contributed by atoms with Crippen LogP contribution in [0, 0.1) is 13.5 Å². The summed E-state index contributed by atoms with van der Waals surface area (Å²) in [6.07, 6.45) is 0. The maximum atomic E-state index is 12.2. The fourth-order valence-electron chi connectivity index (χ4n) is 17.0. The molecule has 0 saturated carbocycles. The predicted octanol–water partition coefficient (Wildman–Crippen LogP) is 29.8. The Morgan fingerprint density at radius 1 is 0.345 bits per heavy atom. The van der Waals surface area contributed by atoms with Crippen LogP contribution in [0.4, 0.5) is 39.8 Å². The number of fused-ring (bicyclic) bond motifs is 14. The Bertz CT molecular complexity index is 8120. The molecule has 19 aromatic rings. The van der Waals surface area contributed by atoms with Crippen molar-refractivity contribution in [3.8, 4) is 78.1 Å². The van der Waals surface area contributed by atoms with Gasteiger partial charge in [-0.25, -0.2) is 0 Å². The molecule has 0 fully saturated rings. The van der Waals surface area contributed by atoms with Gasteiger partial charge in [0.1, 0.15) is 0 Å². The molecular weight excluding hydrogens is 1540 g/mol. The first-order valence-electron chi connectivity index (χ1n) is 48.0. The van der Waals surface area contributed by atoms with E-state index in [0.29, 0.717) is 70.3 Å². The molecule has 15 aromatic carbocycles. The molecule has 0 aliphatic carbocycles. The van der Waals surface area contributed by atoms with E-state index in [9.17, 15) is 24.7 Å². The second-order valence-electron chi connectivity index (χ2n) is 33.2. The van der Waals surface area contributed by atoms with E-state index >= 15 is 0 Å². The minimum absolute atomic E-state index is 0.0000994. The van der Waals surface area contributed by atoms with Gasteiger partial charge in [0.2, 0.25) is 0 Å². The van der Waals surface area contributed by atoms with E-state index in [2.05, 4.69) is 108 Å². The van der Waals surface area contributed by atoms with Crippen LogP contribution in [0.15, 0.2) is 327 Å². The third-order valence-corrected chi connectivity index (χ3v) is 27.3. The Morgan fingerprint density at radius 2 is 0.698 bits per heavy atom. The molecule has 0 bridgehead atoms. The number of benzene rings is 15. The average molecular weight is 1640 g/mol. The van der Waals surface area contributed by atoms with Gasteiger partial charge in [-0.2, -0.15) is 0 Å². The second-order valence-corrected chi connectivity index (χ2v) is 37.4. The zero-order valence-electron chi connectivity index (χ0n) is 83.4. The van der Waals surface area contributed by atoms with Crippen LogP contribution in [-0.2, 0) is 16.2 Å². The van der Waals surface area contributed by atoms with Gasteiger partial charge in [-0.1, -0.05) is 0 Å². The quantitative estimate of drug-likeness (QED) is 0.100. The zero-order chi connectivity index (χ0) is 94.5. The summed E-state index contributed by atoms with van der Waals surface area (Å²) in [6, 6.07) is 63.8. The molecule has 0 saturated heterocycles. The molecule has 2 aliphatic rings. The van der Waals surface area contributed by atoms with E-state index < -0.39 is 99.2 Å². The molecule has 0 N–H and O–H groups in total. The van der Waals surface area contributed by atoms with Crippen molar-refractivity contribution in [2.45, 2.75) is 91.4 Å². The van der Waals surface area contributed by atoms with Gasteiger partial charge in [-0.3, -0.25) is 0 Å². The normalized spacial score (nSPS) is 15.6. The van der Waals surface area contributed by atoms with Gasteiger partial charge >= 0.3 is 720 Å². The van der Waals surface area contributed by atoms with Crippen LogP contribution in [-0.4, -0.2) is 38.1 Å². The molecular formula is C109H85N5Se2. The van der Waals surface area contributed by atoms with Crippen molar-refractivity contribution >= 4 is 129 Å². The topological polar surface area (TPSA) is 20.7 Å². The second kappa shape index (κ2) is 27.1. The molecule has 1 atom stereocenters. The van der Waals surface area contributed by atoms with Crippen LogP contribution in [0.3, 0.4) is 0 Å². The number of nitrogens with zero attached hydrogens (tertiary/aromatic N) is 5.